The van der Waals surface area contributed by atoms with Crippen LogP contribution in [0.15, 0.2) is 24.3 Å². The number of hydrogen-bond acceptors (Lipinski definition) is 0. The Morgan fingerprint density at radius 2 is 0.950 bits per heavy atom. The Balaban J connectivity index is 2.66. The molecule has 0 fully saturated rings. The first-order valence-electron chi connectivity index (χ1n) is 6.47. The predicted octanol–water partition coefficient (Wildman–Crippen LogP) is -0.215. The first kappa shape index (κ1) is 13.4. The minimum Gasteiger partial charge on any atom is -0.100 e. The summed E-state index contributed by atoms with van der Waals surface area (Å²) in [4.78, 5) is 0. The van der Waals surface area contributed by atoms with Crippen LogP contribution in [0.25, 0.3) is 21.5 Å². The fraction of sp³-hybridized carbons (Fsp3) is 0.125. The highest BCUT2D eigenvalue weighted by Gasteiger charge is 2.10. The van der Waals surface area contributed by atoms with Gasteiger partial charge in [-0.05, 0) is 35.4 Å². The maximum atomic E-state index is 6.22. The lowest BCUT2D eigenvalue weighted by Crippen LogP contribution is -2.32. The summed E-state index contributed by atoms with van der Waals surface area (Å²) in [7, 11) is 24.6. The molecule has 8 radical (unpaired) electrons. The summed E-state index contributed by atoms with van der Waals surface area (Å²) in [5.74, 6) is 0. The molecule has 0 aliphatic heterocycles. The number of fused-ring (bicyclic) bond motifs is 3. The molecular weight excluding hydrogens is 235 g/mol. The molecule has 0 unspecified atom stereocenters. The highest BCUT2D eigenvalue weighted by atomic mass is 14.1. The van der Waals surface area contributed by atoms with Gasteiger partial charge in [-0.2, -0.15) is 0 Å². The van der Waals surface area contributed by atoms with E-state index in [2.05, 4.69) is 0 Å². The Labute approximate surface area is 124 Å². The molecule has 0 amide bonds. The number of aryl methyl sites for hydroxylation is 2. The number of rotatable bonds is 0. The third-order valence-electron chi connectivity index (χ3n) is 3.98. The van der Waals surface area contributed by atoms with Gasteiger partial charge in [0.2, 0.25) is 0 Å². The molecule has 86 valence electrons. The van der Waals surface area contributed by atoms with Crippen LogP contribution < -0.4 is 21.9 Å². The maximum absolute atomic E-state index is 6.22. The summed E-state index contributed by atoms with van der Waals surface area (Å²) in [5, 5.41) is 3.82. The van der Waals surface area contributed by atoms with Crippen molar-refractivity contribution in [1.82, 2.24) is 0 Å². The van der Waals surface area contributed by atoms with Gasteiger partial charge in [0, 0.05) is 0 Å². The van der Waals surface area contributed by atoms with Crippen molar-refractivity contribution in [2.45, 2.75) is 13.8 Å². The van der Waals surface area contributed by atoms with Crippen LogP contribution in [-0.2, 0) is 0 Å². The predicted molar refractivity (Wildman–Crippen MR) is 92.5 cm³/mol. The summed E-state index contributed by atoms with van der Waals surface area (Å²) in [6.45, 7) is 3.89. The van der Waals surface area contributed by atoms with E-state index < -0.39 is 0 Å². The molecule has 0 aromatic heterocycles. The minimum atomic E-state index is 0.570. The van der Waals surface area contributed by atoms with Crippen LogP contribution in [0.3, 0.4) is 0 Å². The molecule has 0 N–H and O–H groups in total. The molecular formula is C16H10B4. The second-order valence-electron chi connectivity index (χ2n) is 5.30. The van der Waals surface area contributed by atoms with Crippen molar-refractivity contribution in [3.8, 4) is 0 Å². The third kappa shape index (κ3) is 1.74. The van der Waals surface area contributed by atoms with Crippen molar-refractivity contribution < 1.29 is 0 Å². The van der Waals surface area contributed by atoms with E-state index in [1.54, 1.807) is 0 Å². The van der Waals surface area contributed by atoms with Gasteiger partial charge < -0.3 is 0 Å². The fourth-order valence-corrected chi connectivity index (χ4v) is 2.77. The van der Waals surface area contributed by atoms with Gasteiger partial charge in [0.15, 0.2) is 0 Å². The van der Waals surface area contributed by atoms with Crippen molar-refractivity contribution in [2.24, 2.45) is 0 Å². The van der Waals surface area contributed by atoms with Crippen molar-refractivity contribution in [2.75, 3.05) is 0 Å². The Morgan fingerprint density at radius 1 is 0.600 bits per heavy atom. The highest BCUT2D eigenvalue weighted by Crippen LogP contribution is 2.22. The first-order chi connectivity index (χ1) is 9.41. The van der Waals surface area contributed by atoms with Crippen LogP contribution in [0, 0.1) is 13.8 Å². The third-order valence-corrected chi connectivity index (χ3v) is 3.98. The fourth-order valence-electron chi connectivity index (χ4n) is 2.77. The summed E-state index contributed by atoms with van der Waals surface area (Å²) < 4.78 is 0. The minimum absolute atomic E-state index is 0.570. The smallest absolute Gasteiger partial charge is 0.100 e. The Hall–Kier alpha value is -1.56. The Bertz CT molecular complexity index is 793. The molecule has 20 heavy (non-hydrogen) atoms. The molecule has 0 spiro atoms. The molecule has 0 aliphatic rings. The van der Waals surface area contributed by atoms with E-state index in [0.29, 0.717) is 21.9 Å². The lowest BCUT2D eigenvalue weighted by Gasteiger charge is -2.17. The number of hydrogen-bond donors (Lipinski definition) is 0. The zero-order valence-corrected chi connectivity index (χ0v) is 11.6. The SMILES string of the molecule is [B]c1c(C)cc2ccc3cc(C)c([B])c([B])c3c2c1[B]. The monoisotopic (exact) mass is 246 g/mol. The van der Waals surface area contributed by atoms with Crippen molar-refractivity contribution in [3.63, 3.8) is 0 Å². The number of benzene rings is 3. The standard InChI is InChI=1S/C16H10B4/c1-7-5-9-3-4-10-6-8(2)14(18)16(20)12(10)11(9)15(19)13(7)17/h3-6H,1-2H3. The summed E-state index contributed by atoms with van der Waals surface area (Å²) >= 11 is 0. The van der Waals surface area contributed by atoms with Crippen molar-refractivity contribution >= 4 is 74.8 Å². The average molecular weight is 246 g/mol. The van der Waals surface area contributed by atoms with Gasteiger partial charge in [0.05, 0.1) is 0 Å². The van der Waals surface area contributed by atoms with Crippen molar-refractivity contribution in [1.29, 1.82) is 0 Å². The van der Waals surface area contributed by atoms with E-state index in [-0.39, 0.29) is 0 Å². The molecule has 0 nitrogen and oxygen atoms in total. The lowest BCUT2D eigenvalue weighted by molar-refractivity contribution is 1.55. The van der Waals surface area contributed by atoms with E-state index in [1.807, 2.05) is 38.1 Å². The van der Waals surface area contributed by atoms with Crippen LogP contribution in [0.1, 0.15) is 11.1 Å². The zero-order chi connectivity index (χ0) is 14.6. The topological polar surface area (TPSA) is 0 Å². The lowest BCUT2D eigenvalue weighted by atomic mass is 9.70. The molecule has 0 heterocycles. The van der Waals surface area contributed by atoms with Crippen LogP contribution >= 0.6 is 0 Å². The summed E-state index contributed by atoms with van der Waals surface area (Å²) in [6, 6.07) is 8.12. The van der Waals surface area contributed by atoms with Gasteiger partial charge in [-0.1, -0.05) is 46.3 Å². The van der Waals surface area contributed by atoms with Crippen LogP contribution in [0.4, 0.5) is 0 Å². The van der Waals surface area contributed by atoms with Gasteiger partial charge >= 0.3 is 0 Å². The van der Waals surface area contributed by atoms with Gasteiger partial charge in [-0.3, -0.25) is 0 Å². The van der Waals surface area contributed by atoms with Crippen LogP contribution in [-0.4, -0.2) is 31.4 Å². The molecule has 3 aromatic carbocycles. The van der Waals surface area contributed by atoms with Gasteiger partial charge in [-0.15, -0.1) is 10.9 Å². The molecule has 3 aromatic rings. The quantitative estimate of drug-likeness (QED) is 0.380. The molecule has 0 bridgehead atoms. The summed E-state index contributed by atoms with van der Waals surface area (Å²) in [6.07, 6.45) is 0. The first-order valence-corrected chi connectivity index (χ1v) is 6.47. The largest absolute Gasteiger partial charge is 0.113 e. The van der Waals surface area contributed by atoms with E-state index >= 15 is 0 Å². The normalized spacial score (nSPS) is 11.3. The van der Waals surface area contributed by atoms with Crippen molar-refractivity contribution in [3.05, 3.63) is 35.4 Å². The van der Waals surface area contributed by atoms with Crippen LogP contribution in [0.2, 0.25) is 0 Å². The highest BCUT2D eigenvalue weighted by molar-refractivity contribution is 6.59. The van der Waals surface area contributed by atoms with Gasteiger partial charge in [-0.25, -0.2) is 0 Å². The molecule has 3 rings (SSSR count). The second-order valence-corrected chi connectivity index (χ2v) is 5.30. The van der Waals surface area contributed by atoms with E-state index in [1.165, 1.54) is 0 Å². The second kappa shape index (κ2) is 4.48. The Morgan fingerprint density at radius 3 is 1.30 bits per heavy atom. The average Bonchev–Trinajstić information content (AvgIpc) is 2.42. The molecule has 0 aliphatic carbocycles. The zero-order valence-electron chi connectivity index (χ0n) is 11.6. The van der Waals surface area contributed by atoms with E-state index in [0.717, 1.165) is 32.7 Å². The van der Waals surface area contributed by atoms with E-state index in [9.17, 15) is 0 Å². The van der Waals surface area contributed by atoms with Gasteiger partial charge in [0.25, 0.3) is 0 Å². The molecule has 0 saturated heterocycles. The van der Waals surface area contributed by atoms with Crippen LogP contribution in [0.5, 0.6) is 0 Å². The molecule has 4 heteroatoms. The maximum Gasteiger partial charge on any atom is 0.113 e. The van der Waals surface area contributed by atoms with E-state index in [4.69, 9.17) is 31.4 Å². The Kier molecular flexibility index (Phi) is 3.01. The molecule has 0 saturated carbocycles. The summed E-state index contributed by atoms with van der Waals surface area (Å²) in [5.41, 5.74) is 4.27. The molecule has 0 atom stereocenters. The van der Waals surface area contributed by atoms with Gasteiger partial charge in [0.1, 0.15) is 31.4 Å².